The Morgan fingerprint density at radius 1 is 0.469 bits per heavy atom. The molecule has 0 aliphatic carbocycles. The molecule has 0 unspecified atom stereocenters. The number of ether oxygens (including phenoxy) is 2. The van der Waals surface area contributed by atoms with E-state index in [1.165, 1.54) is 0 Å². The molecule has 6 aromatic carbocycles. The van der Waals surface area contributed by atoms with Gasteiger partial charge in [0.05, 0.1) is 49.8 Å². The van der Waals surface area contributed by atoms with Crippen LogP contribution in [-0.4, -0.2) is 27.9 Å². The molecule has 49 heavy (non-hydrogen) atoms. The molecule has 0 N–H and O–H groups in total. The van der Waals surface area contributed by atoms with Crippen molar-refractivity contribution in [3.63, 3.8) is 0 Å². The predicted molar refractivity (Wildman–Crippen MR) is 193 cm³/mol. The Morgan fingerprint density at radius 2 is 0.939 bits per heavy atom. The van der Waals surface area contributed by atoms with Crippen LogP contribution < -0.4 is 9.47 Å². The molecule has 1 aliphatic heterocycles. The minimum atomic E-state index is -0.718. The van der Waals surface area contributed by atoms with Gasteiger partial charge in [-0.25, -0.2) is 9.97 Å². The van der Waals surface area contributed by atoms with E-state index < -0.39 is 5.60 Å². The zero-order valence-electron chi connectivity index (χ0n) is 26.7. The number of rotatable bonds is 2. The zero-order valence-corrected chi connectivity index (χ0v) is 26.7. The van der Waals surface area contributed by atoms with Crippen LogP contribution >= 0.6 is 0 Å². The Labute approximate surface area is 279 Å². The molecule has 0 bridgehead atoms. The van der Waals surface area contributed by atoms with Gasteiger partial charge in [-0.2, -0.15) is 0 Å². The van der Waals surface area contributed by atoms with E-state index in [1.54, 1.807) is 0 Å². The van der Waals surface area contributed by atoms with Crippen LogP contribution in [0.5, 0.6) is 17.2 Å². The van der Waals surface area contributed by atoms with Crippen molar-refractivity contribution in [3.05, 3.63) is 139 Å². The first-order chi connectivity index (χ1) is 24.0. The molecular weight excluding hydrogens is 608 g/mol. The van der Waals surface area contributed by atoms with E-state index in [2.05, 4.69) is 141 Å². The van der Waals surface area contributed by atoms with E-state index in [0.717, 1.165) is 78.4 Å². The summed E-state index contributed by atoms with van der Waals surface area (Å²) in [5.74, 6) is 3.80. The molecule has 0 atom stereocenters. The summed E-state index contributed by atoms with van der Waals surface area (Å²) < 4.78 is 22.4. The number of hydrogen-bond acceptors (Lipinski definition) is 4. The Bertz CT molecular complexity index is 2990. The van der Waals surface area contributed by atoms with E-state index in [0.29, 0.717) is 11.5 Å². The van der Waals surface area contributed by atoms with Crippen LogP contribution in [-0.2, 0) is 5.60 Å². The monoisotopic (exact) mass is 636 g/mol. The van der Waals surface area contributed by atoms with Gasteiger partial charge in [-0.05, 0) is 92.7 Å². The zero-order chi connectivity index (χ0) is 32.4. The number of aromatic nitrogens is 6. The number of hydrogen-bond donors (Lipinski definition) is 0. The van der Waals surface area contributed by atoms with Gasteiger partial charge in [0.15, 0.2) is 11.5 Å². The second kappa shape index (κ2) is 9.29. The molecule has 10 aromatic rings. The van der Waals surface area contributed by atoms with Crippen LogP contribution in [0.4, 0.5) is 0 Å². The molecule has 0 radical (unpaired) electrons. The van der Waals surface area contributed by atoms with E-state index >= 15 is 0 Å². The average Bonchev–Trinajstić information content (AvgIpc) is 3.83. The van der Waals surface area contributed by atoms with Crippen molar-refractivity contribution in [2.75, 3.05) is 0 Å². The van der Waals surface area contributed by atoms with Crippen LogP contribution in [0.15, 0.2) is 133 Å². The minimum absolute atomic E-state index is 0.664. The van der Waals surface area contributed by atoms with Gasteiger partial charge in [0.2, 0.25) is 11.6 Å². The van der Waals surface area contributed by atoms with E-state index in [-0.39, 0.29) is 0 Å². The van der Waals surface area contributed by atoms with Gasteiger partial charge in [-0.3, -0.25) is 17.9 Å². The van der Waals surface area contributed by atoms with Crippen LogP contribution in [0.2, 0.25) is 0 Å². The highest BCUT2D eigenvalue weighted by Crippen LogP contribution is 2.46. The van der Waals surface area contributed by atoms with Gasteiger partial charge < -0.3 is 9.47 Å². The number of imidazole rings is 4. The fourth-order valence-electron chi connectivity index (χ4n) is 7.68. The first-order valence-corrected chi connectivity index (χ1v) is 16.4. The van der Waals surface area contributed by atoms with E-state index in [9.17, 15) is 0 Å². The smallest absolute Gasteiger partial charge is 0.220 e. The fourth-order valence-corrected chi connectivity index (χ4v) is 7.68. The summed E-state index contributed by atoms with van der Waals surface area (Å²) >= 11 is 0. The van der Waals surface area contributed by atoms with Crippen molar-refractivity contribution in [1.29, 1.82) is 0 Å². The molecule has 0 fully saturated rings. The summed E-state index contributed by atoms with van der Waals surface area (Å²) in [4.78, 5) is 10.1. The summed E-state index contributed by atoms with van der Waals surface area (Å²) in [6, 6.07) is 45.8. The van der Waals surface area contributed by atoms with Crippen molar-refractivity contribution in [3.8, 4) is 28.6 Å². The highest BCUT2D eigenvalue weighted by molar-refractivity contribution is 5.93. The molecular formula is C41H28N6O2. The van der Waals surface area contributed by atoms with Gasteiger partial charge in [0, 0.05) is 17.3 Å². The molecule has 0 spiro atoms. The molecule has 0 amide bonds. The lowest BCUT2D eigenvalue weighted by atomic mass is 9.96. The van der Waals surface area contributed by atoms with Crippen molar-refractivity contribution in [2.24, 2.45) is 0 Å². The average molecular weight is 637 g/mol. The lowest BCUT2D eigenvalue weighted by Crippen LogP contribution is -2.24. The molecule has 8 nitrogen and oxygen atoms in total. The largest absolute Gasteiger partial charge is 0.479 e. The maximum Gasteiger partial charge on any atom is 0.220 e. The van der Waals surface area contributed by atoms with Crippen molar-refractivity contribution in [1.82, 2.24) is 27.9 Å². The summed E-state index contributed by atoms with van der Waals surface area (Å²) in [7, 11) is 0. The summed E-state index contributed by atoms with van der Waals surface area (Å²) in [5, 5.41) is 0. The SMILES string of the molecule is CC1(C)Oc2cc(-n3c4ccccc4n4c5ccccc5nc34)ccc2Oc2ccc(-n3c4ccccc4n4c5ccccc5nc34)cc21. The second-order valence-corrected chi connectivity index (χ2v) is 13.1. The maximum absolute atomic E-state index is 6.89. The van der Waals surface area contributed by atoms with Gasteiger partial charge in [-0.1, -0.05) is 48.5 Å². The predicted octanol–water partition coefficient (Wildman–Crippen LogP) is 9.60. The van der Waals surface area contributed by atoms with Gasteiger partial charge in [0.25, 0.3) is 0 Å². The summed E-state index contributed by atoms with van der Waals surface area (Å²) in [6.45, 7) is 4.19. The van der Waals surface area contributed by atoms with Gasteiger partial charge in [-0.15, -0.1) is 0 Å². The molecule has 1 aliphatic rings. The Hall–Kier alpha value is -6.54. The highest BCUT2D eigenvalue weighted by atomic mass is 16.5. The third-order valence-electron chi connectivity index (χ3n) is 9.85. The number of para-hydroxylation sites is 8. The third-order valence-corrected chi connectivity index (χ3v) is 9.85. The highest BCUT2D eigenvalue weighted by Gasteiger charge is 2.33. The van der Waals surface area contributed by atoms with Crippen molar-refractivity contribution in [2.45, 2.75) is 19.4 Å². The van der Waals surface area contributed by atoms with Crippen LogP contribution in [0.25, 0.3) is 67.1 Å². The molecule has 234 valence electrons. The Morgan fingerprint density at radius 3 is 1.51 bits per heavy atom. The standard InChI is InChI=1S/C41H28N6O2/c1-41(2)27-23-25(44-32-15-7-9-17-34(32)46-30-13-5-3-11-28(30)42-39(44)46)19-21-36(27)48-37-22-20-26(24-38(37)49-41)45-33-16-8-10-18-35(33)47-31-14-6-4-12-29(31)43-40(45)47/h3-24H,1-2H3. The first-order valence-electron chi connectivity index (χ1n) is 16.4. The van der Waals surface area contributed by atoms with Crippen molar-refractivity contribution < 1.29 is 9.47 Å². The van der Waals surface area contributed by atoms with E-state index in [1.807, 2.05) is 24.3 Å². The topological polar surface area (TPSA) is 62.9 Å². The molecule has 4 aromatic heterocycles. The van der Waals surface area contributed by atoms with Crippen LogP contribution in [0, 0.1) is 0 Å². The first kappa shape index (κ1) is 26.5. The maximum atomic E-state index is 6.89. The normalized spacial score (nSPS) is 14.0. The van der Waals surface area contributed by atoms with Gasteiger partial charge >= 0.3 is 0 Å². The van der Waals surface area contributed by atoms with E-state index in [4.69, 9.17) is 19.4 Å². The quantitative estimate of drug-likeness (QED) is 0.190. The fraction of sp³-hybridized carbons (Fsp3) is 0.0732. The second-order valence-electron chi connectivity index (χ2n) is 13.1. The minimum Gasteiger partial charge on any atom is -0.479 e. The number of fused-ring (bicyclic) bond motifs is 12. The third kappa shape index (κ3) is 3.57. The Kier molecular flexibility index (Phi) is 5.03. The summed E-state index contributed by atoms with van der Waals surface area (Å²) in [5.41, 5.74) is 10.6. The van der Waals surface area contributed by atoms with Gasteiger partial charge in [0.1, 0.15) is 11.4 Å². The molecule has 0 saturated carbocycles. The molecule has 0 saturated heterocycles. The lowest BCUT2D eigenvalue weighted by molar-refractivity contribution is 0.111. The number of benzene rings is 6. The lowest BCUT2D eigenvalue weighted by Gasteiger charge is -2.26. The summed E-state index contributed by atoms with van der Waals surface area (Å²) in [6.07, 6.45) is 0. The molecule has 8 heteroatoms. The molecule has 5 heterocycles. The van der Waals surface area contributed by atoms with Crippen LogP contribution in [0.3, 0.4) is 0 Å². The number of nitrogens with zero attached hydrogens (tertiary/aromatic N) is 6. The van der Waals surface area contributed by atoms with Crippen LogP contribution in [0.1, 0.15) is 19.4 Å². The molecule has 11 rings (SSSR count). The Balaban J connectivity index is 1.06. The van der Waals surface area contributed by atoms with Crippen molar-refractivity contribution >= 4 is 55.7 Å².